The van der Waals surface area contributed by atoms with E-state index >= 15 is 0 Å². The molecule has 0 bridgehead atoms. The standard InChI is InChI=1S/B4HIN/c1-3-4(2)6-5/h6H/i/hT. The van der Waals surface area contributed by atoms with E-state index in [0.717, 1.165) is 3.43 Å². The largest absolute Gasteiger partial charge is 0.319 e. The van der Waals surface area contributed by atoms with Gasteiger partial charge < -0.3 is 3.43 Å². The van der Waals surface area contributed by atoms with Crippen molar-refractivity contribution in [3.05, 3.63) is 0 Å². The summed E-state index contributed by atoms with van der Waals surface area (Å²) in [5.74, 6) is 0. The first kappa shape index (κ1) is 5.09. The molecule has 0 saturated carbocycles. The van der Waals surface area contributed by atoms with E-state index in [1.165, 1.54) is 7.06 Å². The van der Waals surface area contributed by atoms with Crippen molar-refractivity contribution in [1.29, 1.82) is 0 Å². The lowest BCUT2D eigenvalue weighted by Gasteiger charge is -1.95. The van der Waals surface area contributed by atoms with Crippen molar-refractivity contribution in [2.45, 2.75) is 0 Å². The second kappa shape index (κ2) is 4.12. The normalized spacial score (nSPS) is 10.7. The summed E-state index contributed by atoms with van der Waals surface area (Å²) in [4.78, 5) is 0. The zero-order valence-electron chi connectivity index (χ0n) is 4.13. The Morgan fingerprint density at radius 2 is 2.67 bits per heavy atom. The zero-order valence-corrected chi connectivity index (χ0v) is 5.29. The van der Waals surface area contributed by atoms with Crippen LogP contribution in [0.15, 0.2) is 0 Å². The SMILES string of the molecule is [3H]N(I)B([B])[B][B]. The molecule has 0 aliphatic rings. The summed E-state index contributed by atoms with van der Waals surface area (Å²) in [5, 5.41) is 0. The fraction of sp³-hybridized carbons (Fsp3) is 0. The maximum atomic E-state index is 6.77. The van der Waals surface area contributed by atoms with Crippen molar-refractivity contribution in [1.82, 2.24) is 3.43 Å². The molecule has 1 N–H and O–H groups in total. The lowest BCUT2D eigenvalue weighted by Crippen LogP contribution is -2.34. The van der Waals surface area contributed by atoms with E-state index in [-0.39, 0.29) is 0 Å². The van der Waals surface area contributed by atoms with Crippen LogP contribution < -0.4 is 3.43 Å². The van der Waals surface area contributed by atoms with Crippen LogP contribution in [-0.4, -0.2) is 29.2 Å². The van der Waals surface area contributed by atoms with Gasteiger partial charge in [-0.25, -0.2) is 0 Å². The summed E-state index contributed by atoms with van der Waals surface area (Å²) in [6.07, 6.45) is 0. The highest BCUT2D eigenvalue weighted by Crippen LogP contribution is 1.67. The van der Waals surface area contributed by atoms with Crippen LogP contribution in [0.25, 0.3) is 0 Å². The average Bonchev–Trinajstić information content (AvgIpc) is 1.65. The number of nitrogens with one attached hydrogen (secondary N) is 1. The molecule has 0 rings (SSSR count). The second-order valence-electron chi connectivity index (χ2n) is 0.781. The highest BCUT2D eigenvalue weighted by molar-refractivity contribution is 14.1. The fourth-order valence-electron chi connectivity index (χ4n) is 0.0325. The molecule has 0 aliphatic heterocycles. The van der Waals surface area contributed by atoms with Gasteiger partial charge in [0.1, 0.15) is 8.04 Å². The highest BCUT2D eigenvalue weighted by Gasteiger charge is 1.95. The molecule has 0 amide bonds. The van der Waals surface area contributed by atoms with Crippen molar-refractivity contribution < 1.29 is 1.41 Å². The number of halogens is 1. The first-order valence-corrected chi connectivity index (χ1v) is 2.39. The Hall–Kier alpha value is 0.950. The Labute approximate surface area is 57.1 Å². The number of hydrogen-bond donors (Lipinski definition) is 1. The smallest absolute Gasteiger partial charge is 0.129 e. The first-order chi connectivity index (χ1) is 3.18. The molecule has 0 spiro atoms. The summed E-state index contributed by atoms with van der Waals surface area (Å²) in [5.41, 5.74) is 0. The summed E-state index contributed by atoms with van der Waals surface area (Å²) < 4.78 is 7.81. The Bertz CT molecular complexity index is 49.0. The van der Waals surface area contributed by atoms with Gasteiger partial charge in [0.15, 0.2) is 0 Å². The van der Waals surface area contributed by atoms with Crippen molar-refractivity contribution in [3.8, 4) is 0 Å². The minimum absolute atomic E-state index is 0.458. The third-order valence-corrected chi connectivity index (χ3v) is 0.953. The molecular weight excluding hydrogens is 184 g/mol. The lowest BCUT2D eigenvalue weighted by atomic mass is 9.12. The molecule has 0 atom stereocenters. The second-order valence-corrected chi connectivity index (χ2v) is 1.34. The third-order valence-electron chi connectivity index (χ3n) is 0.310. The third kappa shape index (κ3) is 3.15. The molecule has 0 saturated heterocycles. The van der Waals surface area contributed by atoms with Gasteiger partial charge in [0, 0.05) is 45.4 Å². The van der Waals surface area contributed by atoms with Crippen molar-refractivity contribution in [2.75, 3.05) is 0 Å². The van der Waals surface area contributed by atoms with Crippen LogP contribution in [0.5, 0.6) is 0 Å². The summed E-state index contributed by atoms with van der Waals surface area (Å²) >= 11 is 1.73. The monoisotopic (exact) mass is 188 g/mol. The number of rotatable bonds is 2. The maximum Gasteiger partial charge on any atom is 0.129 e. The molecule has 6 heavy (non-hydrogen) atoms. The van der Waals surface area contributed by atoms with Crippen LogP contribution in [0.3, 0.4) is 0 Å². The van der Waals surface area contributed by atoms with E-state index in [1.54, 1.807) is 22.9 Å². The molecular formula is HB4IN. The van der Waals surface area contributed by atoms with Crippen LogP contribution in [0.1, 0.15) is 0 Å². The summed E-state index contributed by atoms with van der Waals surface area (Å²) in [7, 11) is 11.4. The van der Waals surface area contributed by atoms with Crippen LogP contribution in [0, 0.1) is 0 Å². The molecule has 0 aromatic carbocycles. The molecule has 5 radical (unpaired) electrons. The topological polar surface area (TPSA) is 12.0 Å². The molecule has 0 unspecified atom stereocenters. The lowest BCUT2D eigenvalue weighted by molar-refractivity contribution is 1.80. The minimum Gasteiger partial charge on any atom is -0.319 e. The van der Waals surface area contributed by atoms with Crippen molar-refractivity contribution in [3.63, 3.8) is 0 Å². The molecule has 1 nitrogen and oxygen atoms in total. The molecule has 25 valence electrons. The van der Waals surface area contributed by atoms with Gasteiger partial charge in [0.2, 0.25) is 0 Å². The fourth-order valence-corrected chi connectivity index (χ4v) is 0.218. The Morgan fingerprint density at radius 3 is 2.67 bits per heavy atom. The minimum atomic E-state index is -0.458. The van der Waals surface area contributed by atoms with Gasteiger partial charge in [0.25, 0.3) is 0 Å². The summed E-state index contributed by atoms with van der Waals surface area (Å²) in [6.45, 7) is -0.458. The van der Waals surface area contributed by atoms with Crippen LogP contribution in [0.4, 0.5) is 0 Å². The Balaban J connectivity index is 3.14. The molecule has 0 aromatic rings. The molecule has 0 heterocycles. The predicted molar refractivity (Wildman–Crippen MR) is 40.2 cm³/mol. The average molecular weight is 187 g/mol. The van der Waals surface area contributed by atoms with E-state index < -0.39 is 6.63 Å². The van der Waals surface area contributed by atoms with E-state index in [0.29, 0.717) is 0 Å². The van der Waals surface area contributed by atoms with Gasteiger partial charge in [-0.05, 0) is 0 Å². The van der Waals surface area contributed by atoms with E-state index in [4.69, 9.17) is 16.9 Å². The van der Waals surface area contributed by atoms with Gasteiger partial charge in [-0.3, -0.25) is 0 Å². The summed E-state index contributed by atoms with van der Waals surface area (Å²) in [6, 6.07) is 0. The predicted octanol–water partition coefficient (Wildman–Crippen LogP) is -1.13. The molecule has 0 aliphatic carbocycles. The van der Waals surface area contributed by atoms with Gasteiger partial charge in [-0.1, -0.05) is 0 Å². The first-order valence-electron chi connectivity index (χ1n) is 1.87. The van der Waals surface area contributed by atoms with Crippen LogP contribution >= 0.6 is 22.9 Å². The quantitative estimate of drug-likeness (QED) is 0.327. The van der Waals surface area contributed by atoms with Gasteiger partial charge in [0.05, 0.1) is 0 Å². The van der Waals surface area contributed by atoms with Crippen LogP contribution in [0.2, 0.25) is 1.41 Å². The molecule has 0 fully saturated rings. The molecule has 0 aromatic heterocycles. The molecule has 6 heteroatoms. The van der Waals surface area contributed by atoms with E-state index in [2.05, 4.69) is 0 Å². The van der Waals surface area contributed by atoms with Crippen molar-refractivity contribution in [2.24, 2.45) is 0 Å². The zero-order chi connectivity index (χ0) is 5.86. The van der Waals surface area contributed by atoms with Crippen molar-refractivity contribution >= 4 is 52.0 Å². The van der Waals surface area contributed by atoms with E-state index in [1.807, 2.05) is 0 Å². The number of hydrogen-bond acceptors (Lipinski definition) is 1. The van der Waals surface area contributed by atoms with Gasteiger partial charge in [-0.2, -0.15) is 0 Å². The Kier molecular flexibility index (Phi) is 3.50. The maximum absolute atomic E-state index is 6.77. The van der Waals surface area contributed by atoms with Gasteiger partial charge >= 0.3 is 0 Å². The highest BCUT2D eigenvalue weighted by atomic mass is 127. The van der Waals surface area contributed by atoms with Gasteiger partial charge in [-0.15, -0.1) is 0 Å². The Morgan fingerprint density at radius 1 is 2.17 bits per heavy atom. The van der Waals surface area contributed by atoms with Crippen LogP contribution in [-0.2, 0) is 0 Å². The van der Waals surface area contributed by atoms with E-state index in [9.17, 15) is 0 Å².